The third kappa shape index (κ3) is 2.18. The van der Waals surface area contributed by atoms with Gasteiger partial charge in [0.15, 0.2) is 0 Å². The number of benzene rings is 1. The maximum Gasteiger partial charge on any atom is 0.338 e. The van der Waals surface area contributed by atoms with Crippen LogP contribution in [0, 0.1) is 23.2 Å². The lowest BCUT2D eigenvalue weighted by Crippen LogP contribution is -2.02. The third-order valence-electron chi connectivity index (χ3n) is 2.47. The number of methoxy groups -OCH3 is 1. The van der Waals surface area contributed by atoms with Crippen molar-refractivity contribution in [3.8, 4) is 17.9 Å². The number of hydrogen-bond donors (Lipinski definition) is 1. The number of ether oxygens (including phenoxy) is 1. The molecule has 2 aromatic rings. The summed E-state index contributed by atoms with van der Waals surface area (Å²) in [4.78, 5) is 14.7. The zero-order valence-electron chi connectivity index (χ0n) is 9.78. The standard InChI is InChI=1S/C14H10N2O2/c1-18-14(17)12-8-10(4-2-3-6-15)9-13-11(12)5-7-16-13/h5,7-9,16H,3H2,1H3. The van der Waals surface area contributed by atoms with Gasteiger partial charge in [-0.3, -0.25) is 0 Å². The number of nitrogens with zero attached hydrogens (tertiary/aromatic N) is 1. The molecule has 1 heterocycles. The van der Waals surface area contributed by atoms with Crippen LogP contribution in [-0.2, 0) is 4.74 Å². The van der Waals surface area contributed by atoms with E-state index in [0.717, 1.165) is 10.9 Å². The molecule has 2 rings (SSSR count). The first kappa shape index (κ1) is 11.8. The molecule has 0 spiro atoms. The van der Waals surface area contributed by atoms with Gasteiger partial charge in [0.2, 0.25) is 0 Å². The normalized spacial score (nSPS) is 9.33. The first-order valence-electron chi connectivity index (χ1n) is 5.31. The molecular weight excluding hydrogens is 228 g/mol. The fourth-order valence-corrected chi connectivity index (χ4v) is 1.70. The van der Waals surface area contributed by atoms with Crippen molar-refractivity contribution in [1.82, 2.24) is 4.98 Å². The first-order chi connectivity index (χ1) is 8.76. The van der Waals surface area contributed by atoms with Crippen molar-refractivity contribution in [2.24, 2.45) is 0 Å². The van der Waals surface area contributed by atoms with E-state index in [1.807, 2.05) is 18.2 Å². The molecular formula is C14H10N2O2. The molecule has 0 saturated carbocycles. The maximum atomic E-state index is 11.7. The van der Waals surface area contributed by atoms with Gasteiger partial charge in [-0.15, -0.1) is 0 Å². The summed E-state index contributed by atoms with van der Waals surface area (Å²) in [5.74, 6) is 5.16. The molecule has 18 heavy (non-hydrogen) atoms. The molecule has 0 bridgehead atoms. The number of nitrogens with one attached hydrogen (secondary N) is 1. The van der Waals surface area contributed by atoms with Crippen LogP contribution in [0.2, 0.25) is 0 Å². The summed E-state index contributed by atoms with van der Waals surface area (Å²) in [5, 5.41) is 9.23. The van der Waals surface area contributed by atoms with Gasteiger partial charge in [-0.25, -0.2) is 4.79 Å². The number of H-pyrrole nitrogens is 1. The summed E-state index contributed by atoms with van der Waals surface area (Å²) in [6, 6.07) is 7.27. The van der Waals surface area contributed by atoms with Gasteiger partial charge >= 0.3 is 5.97 Å². The van der Waals surface area contributed by atoms with Crippen LogP contribution < -0.4 is 0 Å². The van der Waals surface area contributed by atoms with Crippen LogP contribution in [0.15, 0.2) is 24.4 Å². The predicted molar refractivity (Wildman–Crippen MR) is 66.7 cm³/mol. The van der Waals surface area contributed by atoms with Crippen molar-refractivity contribution < 1.29 is 9.53 Å². The molecule has 0 saturated heterocycles. The molecule has 88 valence electrons. The Morgan fingerprint density at radius 1 is 1.50 bits per heavy atom. The monoisotopic (exact) mass is 238 g/mol. The van der Waals surface area contributed by atoms with E-state index in [0.29, 0.717) is 11.1 Å². The number of aromatic nitrogens is 1. The van der Waals surface area contributed by atoms with Crippen molar-refractivity contribution in [1.29, 1.82) is 5.26 Å². The summed E-state index contributed by atoms with van der Waals surface area (Å²) >= 11 is 0. The Hall–Kier alpha value is -2.72. The second kappa shape index (κ2) is 5.07. The van der Waals surface area contributed by atoms with Gasteiger partial charge in [-0.05, 0) is 18.2 Å². The third-order valence-corrected chi connectivity index (χ3v) is 2.47. The zero-order valence-corrected chi connectivity index (χ0v) is 9.78. The Morgan fingerprint density at radius 3 is 3.06 bits per heavy atom. The molecule has 0 aliphatic heterocycles. The number of carbonyl (C=O) groups is 1. The molecule has 0 amide bonds. The van der Waals surface area contributed by atoms with Crippen LogP contribution in [0.3, 0.4) is 0 Å². The largest absolute Gasteiger partial charge is 0.465 e. The average molecular weight is 238 g/mol. The zero-order chi connectivity index (χ0) is 13.0. The smallest absolute Gasteiger partial charge is 0.338 e. The second-order valence-electron chi connectivity index (χ2n) is 3.59. The maximum absolute atomic E-state index is 11.7. The lowest BCUT2D eigenvalue weighted by Gasteiger charge is -2.02. The summed E-state index contributed by atoms with van der Waals surface area (Å²) in [6.45, 7) is 0. The first-order valence-corrected chi connectivity index (χ1v) is 5.31. The highest BCUT2D eigenvalue weighted by atomic mass is 16.5. The fourth-order valence-electron chi connectivity index (χ4n) is 1.70. The minimum atomic E-state index is -0.400. The van der Waals surface area contributed by atoms with E-state index < -0.39 is 5.97 Å². The van der Waals surface area contributed by atoms with Crippen molar-refractivity contribution >= 4 is 16.9 Å². The number of nitriles is 1. The number of hydrogen-bond acceptors (Lipinski definition) is 3. The molecule has 0 aliphatic rings. The lowest BCUT2D eigenvalue weighted by molar-refractivity contribution is 0.0603. The summed E-state index contributed by atoms with van der Waals surface area (Å²) in [5.41, 5.74) is 1.97. The molecule has 1 aromatic heterocycles. The van der Waals surface area contributed by atoms with E-state index in [-0.39, 0.29) is 6.42 Å². The molecule has 4 nitrogen and oxygen atoms in total. The number of fused-ring (bicyclic) bond motifs is 1. The second-order valence-corrected chi connectivity index (χ2v) is 3.59. The molecule has 0 unspecified atom stereocenters. The van der Waals surface area contributed by atoms with E-state index in [9.17, 15) is 4.79 Å². The molecule has 0 aliphatic carbocycles. The van der Waals surface area contributed by atoms with Gasteiger partial charge in [0.25, 0.3) is 0 Å². The van der Waals surface area contributed by atoms with E-state index >= 15 is 0 Å². The van der Waals surface area contributed by atoms with Gasteiger partial charge in [-0.2, -0.15) is 5.26 Å². The van der Waals surface area contributed by atoms with Crippen LogP contribution in [0.1, 0.15) is 22.3 Å². The minimum Gasteiger partial charge on any atom is -0.465 e. The van der Waals surface area contributed by atoms with Crippen molar-refractivity contribution in [2.45, 2.75) is 6.42 Å². The fraction of sp³-hybridized carbons (Fsp3) is 0.143. The van der Waals surface area contributed by atoms with Crippen molar-refractivity contribution in [2.75, 3.05) is 7.11 Å². The number of rotatable bonds is 1. The number of aromatic amines is 1. The molecule has 0 fully saturated rings. The SMILES string of the molecule is COC(=O)c1cc(C#CCC#N)cc2[nH]ccc12. The molecule has 0 atom stereocenters. The van der Waals surface area contributed by atoms with E-state index in [4.69, 9.17) is 10.00 Å². The summed E-state index contributed by atoms with van der Waals surface area (Å²) in [7, 11) is 1.34. The highest BCUT2D eigenvalue weighted by Gasteiger charge is 2.12. The molecule has 4 heteroatoms. The Labute approximate surface area is 104 Å². The minimum absolute atomic E-state index is 0.163. The highest BCUT2D eigenvalue weighted by Crippen LogP contribution is 2.20. The van der Waals surface area contributed by atoms with Gasteiger partial charge in [0.05, 0.1) is 25.2 Å². The Balaban J connectivity index is 2.55. The molecule has 0 radical (unpaired) electrons. The average Bonchev–Trinajstić information content (AvgIpc) is 2.85. The van der Waals surface area contributed by atoms with E-state index in [1.54, 1.807) is 12.3 Å². The Morgan fingerprint density at radius 2 is 2.33 bits per heavy atom. The van der Waals surface area contributed by atoms with Crippen LogP contribution in [0.4, 0.5) is 0 Å². The topological polar surface area (TPSA) is 65.9 Å². The van der Waals surface area contributed by atoms with Crippen LogP contribution in [-0.4, -0.2) is 18.1 Å². The Bertz CT molecular complexity index is 696. The lowest BCUT2D eigenvalue weighted by atomic mass is 10.1. The van der Waals surface area contributed by atoms with E-state index in [1.165, 1.54) is 7.11 Å². The van der Waals surface area contributed by atoms with Crippen LogP contribution >= 0.6 is 0 Å². The number of esters is 1. The van der Waals surface area contributed by atoms with Gasteiger partial charge < -0.3 is 9.72 Å². The molecule has 1 aromatic carbocycles. The van der Waals surface area contributed by atoms with E-state index in [2.05, 4.69) is 16.8 Å². The highest BCUT2D eigenvalue weighted by molar-refractivity contribution is 6.04. The van der Waals surface area contributed by atoms with Gasteiger partial charge in [0, 0.05) is 22.7 Å². The van der Waals surface area contributed by atoms with Crippen LogP contribution in [0.5, 0.6) is 0 Å². The molecule has 1 N–H and O–H groups in total. The number of carbonyl (C=O) groups excluding carboxylic acids is 1. The summed E-state index contributed by atoms with van der Waals surface area (Å²) in [6.07, 6.45) is 1.92. The predicted octanol–water partition coefficient (Wildman–Crippen LogP) is 2.22. The Kier molecular flexibility index (Phi) is 3.31. The quantitative estimate of drug-likeness (QED) is 0.612. The van der Waals surface area contributed by atoms with Crippen molar-refractivity contribution in [3.05, 3.63) is 35.5 Å². The van der Waals surface area contributed by atoms with Gasteiger partial charge in [0.1, 0.15) is 0 Å². The van der Waals surface area contributed by atoms with Gasteiger partial charge in [-0.1, -0.05) is 11.8 Å². The van der Waals surface area contributed by atoms with Crippen molar-refractivity contribution in [3.63, 3.8) is 0 Å². The summed E-state index contributed by atoms with van der Waals surface area (Å²) < 4.78 is 4.74. The van der Waals surface area contributed by atoms with Crippen LogP contribution in [0.25, 0.3) is 10.9 Å².